The molecule has 6 saturated carbocycles. The van der Waals surface area contributed by atoms with E-state index in [0.717, 1.165) is 116 Å². The number of carbonyl (C=O) groups excluding carboxylic acids is 1. The van der Waals surface area contributed by atoms with Crippen LogP contribution in [0.5, 0.6) is 5.75 Å². The molecule has 8 unspecified atom stereocenters. The zero-order valence-electron chi connectivity index (χ0n) is 56.6. The average Bonchev–Trinajstić information content (AvgIpc) is 1.69. The van der Waals surface area contributed by atoms with Gasteiger partial charge in [-0.1, -0.05) is 73.3 Å². The van der Waals surface area contributed by atoms with Crippen molar-refractivity contribution >= 4 is 40.4 Å². The number of hydrogen-bond donors (Lipinski definition) is 0. The maximum absolute atomic E-state index is 12.9. The molecule has 4 aromatic rings. The normalized spacial score (nSPS) is 27.8. The van der Waals surface area contributed by atoms with Gasteiger partial charge in [-0.3, -0.25) is 19.6 Å². The number of alkyl halides is 3. The fraction of sp³-hybridized carbons (Fsp3) is 0.649. The molecule has 93 heavy (non-hydrogen) atoms. The monoisotopic (exact) mass is 1300 g/mol. The summed E-state index contributed by atoms with van der Waals surface area (Å²) in [5.41, 5.74) is 6.85. The Labute approximate surface area is 560 Å². The summed E-state index contributed by atoms with van der Waals surface area (Å²) in [6.45, 7) is 30.8. The van der Waals surface area contributed by atoms with Crippen LogP contribution in [0.2, 0.25) is 5.02 Å². The number of piperidine rings is 1. The van der Waals surface area contributed by atoms with Crippen molar-refractivity contribution in [2.75, 3.05) is 164 Å². The zero-order chi connectivity index (χ0) is 64.4. The van der Waals surface area contributed by atoms with Gasteiger partial charge in [0.1, 0.15) is 5.75 Å². The average molecular weight is 1300 g/mol. The van der Waals surface area contributed by atoms with Gasteiger partial charge in [-0.2, -0.15) is 13.2 Å². The van der Waals surface area contributed by atoms with Crippen molar-refractivity contribution in [3.05, 3.63) is 125 Å². The third kappa shape index (κ3) is 17.3. The lowest BCUT2D eigenvalue weighted by molar-refractivity contribution is -0.137. The molecule has 12 nitrogen and oxygen atoms in total. The number of nitrogens with zero attached hydrogens (tertiary/aromatic N) is 9. The van der Waals surface area contributed by atoms with Gasteiger partial charge >= 0.3 is 12.3 Å². The molecule has 1 amide bonds. The fourth-order valence-corrected chi connectivity index (χ4v) is 18.7. The number of fused-ring (bicyclic) bond motifs is 2. The van der Waals surface area contributed by atoms with E-state index in [2.05, 4.69) is 122 Å². The Morgan fingerprint density at radius 1 is 0.559 bits per heavy atom. The predicted octanol–water partition coefficient (Wildman–Crippen LogP) is 14.8. The van der Waals surface area contributed by atoms with Crippen LogP contribution in [0.4, 0.5) is 40.7 Å². The molecule has 0 aromatic heterocycles. The summed E-state index contributed by atoms with van der Waals surface area (Å²) in [5.74, 6) is 8.98. The molecule has 5 saturated heterocycles. The summed E-state index contributed by atoms with van der Waals surface area (Å²) >= 11 is 6.01. The Morgan fingerprint density at radius 3 is 1.85 bits per heavy atom. The minimum absolute atomic E-state index is 0.245. The molecule has 16 rings (SSSR count). The van der Waals surface area contributed by atoms with E-state index >= 15 is 0 Å². The number of piperazine rings is 4. The third-order valence-electron chi connectivity index (χ3n) is 23.4. The second kappa shape index (κ2) is 31.8. The van der Waals surface area contributed by atoms with Crippen LogP contribution < -0.4 is 24.3 Å². The van der Waals surface area contributed by atoms with Crippen LogP contribution >= 0.6 is 11.6 Å². The summed E-state index contributed by atoms with van der Waals surface area (Å²) in [5, 5.41) is 0.833. The van der Waals surface area contributed by atoms with E-state index < -0.39 is 11.7 Å². The lowest BCUT2D eigenvalue weighted by Crippen LogP contribution is -2.54. The molecule has 0 radical (unpaired) electrons. The van der Waals surface area contributed by atoms with E-state index in [0.29, 0.717) is 44.5 Å². The molecule has 8 atom stereocenters. The predicted molar refractivity (Wildman–Crippen MR) is 375 cm³/mol. The van der Waals surface area contributed by atoms with E-state index in [9.17, 15) is 18.0 Å². The molecule has 0 spiro atoms. The van der Waals surface area contributed by atoms with Crippen molar-refractivity contribution in [2.45, 2.75) is 129 Å². The topological polar surface area (TPSA) is 64.7 Å². The third-order valence-corrected chi connectivity index (χ3v) is 23.7. The van der Waals surface area contributed by atoms with Crippen LogP contribution in [0.25, 0.3) is 0 Å². The molecule has 0 N–H and O–H groups in total. The first-order valence-corrected chi connectivity index (χ1v) is 36.8. The van der Waals surface area contributed by atoms with Gasteiger partial charge < -0.3 is 34.0 Å². The highest BCUT2D eigenvalue weighted by Gasteiger charge is 2.55. The summed E-state index contributed by atoms with van der Waals surface area (Å²) in [6, 6.07) is 30.5. The second-order valence-electron chi connectivity index (χ2n) is 29.3. The van der Waals surface area contributed by atoms with E-state index in [1.165, 1.54) is 170 Å². The van der Waals surface area contributed by atoms with E-state index in [1.807, 2.05) is 17.0 Å². The maximum Gasteiger partial charge on any atom is 0.416 e. The van der Waals surface area contributed by atoms with Crippen molar-refractivity contribution in [1.82, 2.24) is 24.5 Å². The zero-order valence-corrected chi connectivity index (χ0v) is 57.4. The molecule has 16 heteroatoms. The minimum Gasteiger partial charge on any atom is -0.492 e. The van der Waals surface area contributed by atoms with Gasteiger partial charge in [0, 0.05) is 165 Å². The van der Waals surface area contributed by atoms with Crippen LogP contribution in [0, 0.1) is 61.2 Å². The van der Waals surface area contributed by atoms with Gasteiger partial charge in [0.2, 0.25) is 0 Å². The van der Waals surface area contributed by atoms with Crippen LogP contribution in [-0.2, 0) is 10.9 Å². The van der Waals surface area contributed by atoms with Gasteiger partial charge in [-0.15, -0.1) is 0 Å². The van der Waals surface area contributed by atoms with Crippen LogP contribution in [0.15, 0.2) is 103 Å². The maximum atomic E-state index is 12.9. The van der Waals surface area contributed by atoms with E-state index in [-0.39, 0.29) is 6.09 Å². The summed E-state index contributed by atoms with van der Waals surface area (Å²) in [6.07, 6.45) is 18.5. The first-order valence-electron chi connectivity index (χ1n) is 36.5. The van der Waals surface area contributed by atoms with Crippen LogP contribution in [0.1, 0.15) is 114 Å². The molecule has 6 bridgehead atoms. The lowest BCUT2D eigenvalue weighted by atomic mass is 9.78. The molecule has 4 aromatic carbocycles. The number of aryl methyl sites for hydroxylation is 2. The molecule has 5 heterocycles. The van der Waals surface area contributed by atoms with Gasteiger partial charge in [0.15, 0.2) is 0 Å². The first kappa shape index (κ1) is 67.8. The van der Waals surface area contributed by atoms with Gasteiger partial charge in [-0.05, 0) is 211 Å². The molecular weight excluding hydrogens is 1190 g/mol. The van der Waals surface area contributed by atoms with Crippen LogP contribution in [0.3, 0.4) is 0 Å². The highest BCUT2D eigenvalue weighted by Crippen LogP contribution is 2.59. The smallest absolute Gasteiger partial charge is 0.416 e. The SMILES string of the molecule is CCOC(=O)N1CCC(N2CCN(c3cccc(C(F)(F)F)c3)CC2)CC1.CCOc1ccccc1N1CCN(CC2CCCCC2)CC1.Cc1ccc(C)c(N2CCN(CC3CC4C=CC3C4)CC2)c1.Clc1ccc(N2CCN(C3C4CC5CC(C4)C3C5)CC2)cc1. The Balaban J connectivity index is 0.000000120. The largest absolute Gasteiger partial charge is 0.492 e. The number of amides is 1. The quantitative estimate of drug-likeness (QED) is 0.120. The Bertz CT molecular complexity index is 3010. The number of ether oxygens (including phenoxy) is 2. The molecular formula is C77H109ClF3N9O3. The van der Waals surface area contributed by atoms with Crippen molar-refractivity contribution in [1.29, 1.82) is 0 Å². The molecule has 508 valence electrons. The Morgan fingerprint density at radius 2 is 1.20 bits per heavy atom. The van der Waals surface area contributed by atoms with Crippen molar-refractivity contribution in [2.24, 2.45) is 47.3 Å². The number of likely N-dealkylation sites (tertiary alicyclic amines) is 1. The minimum atomic E-state index is -4.31. The number of allylic oxidation sites excluding steroid dienone is 2. The highest BCUT2D eigenvalue weighted by atomic mass is 35.5. The number of hydrogen-bond acceptors (Lipinski definition) is 11. The van der Waals surface area contributed by atoms with Gasteiger partial charge in [0.25, 0.3) is 0 Å². The number of anilines is 4. The molecule has 11 fully saturated rings. The lowest BCUT2D eigenvalue weighted by Gasteiger charge is -2.45. The fourth-order valence-electron chi connectivity index (χ4n) is 18.6. The molecule has 12 aliphatic rings. The first-order chi connectivity index (χ1) is 45.2. The number of benzene rings is 4. The van der Waals surface area contributed by atoms with Gasteiger partial charge in [-0.25, -0.2) is 4.79 Å². The number of rotatable bonds is 13. The Hall–Kier alpha value is -5.19. The van der Waals surface area contributed by atoms with Crippen molar-refractivity contribution in [3.63, 3.8) is 0 Å². The Kier molecular flexibility index (Phi) is 23.2. The van der Waals surface area contributed by atoms with E-state index in [1.54, 1.807) is 37.2 Å². The summed E-state index contributed by atoms with van der Waals surface area (Å²) < 4.78 is 49.6. The number of halogens is 4. The molecule has 7 aliphatic carbocycles. The number of carbonyl (C=O) groups is 1. The highest BCUT2D eigenvalue weighted by molar-refractivity contribution is 6.30. The number of para-hydroxylation sites is 2. The standard InChI is InChI=1S/C20H28N2.C19H25ClN2.C19H26F3N3O2.C19H30N2O/c1-15-3-4-16(2)20(11-15)22-9-7-21(8-10-22)14-19-13-17-5-6-18(19)12-17;20-16-1-3-17(4-2-16)21-5-7-22(8-6-21)19-15-10-13-9-14(12-15)18(19)11-13;1-2-27-18(26)25-8-6-16(7-9-25)23-10-12-24(13-11-23)17-5-3-4-15(14-17)19(20,21)22;1-2-22-19-11-7-6-10-18(19)21-14-12-20(13-15-21)16-17-8-4-3-5-9-17/h3-6,11,17-19H,7-10,12-14H2,1-2H3;1-4,13-15,18-19H,5-12H2;3-5,14,16H,2,6-13H2,1H3;6-7,10-11,17H,2-5,8-9,12-16H2,1H3. The van der Waals surface area contributed by atoms with Gasteiger partial charge in [0.05, 0.1) is 24.5 Å². The van der Waals surface area contributed by atoms with E-state index in [4.69, 9.17) is 21.1 Å². The second-order valence-corrected chi connectivity index (χ2v) is 29.7. The van der Waals surface area contributed by atoms with Crippen LogP contribution in [-0.4, -0.2) is 187 Å². The summed E-state index contributed by atoms with van der Waals surface area (Å²) in [4.78, 5) is 33.8. The summed E-state index contributed by atoms with van der Waals surface area (Å²) in [7, 11) is 0. The molecule has 5 aliphatic heterocycles. The van der Waals surface area contributed by atoms with Crippen molar-refractivity contribution in [3.8, 4) is 5.75 Å². The van der Waals surface area contributed by atoms with Crippen molar-refractivity contribution < 1.29 is 27.4 Å².